The Bertz CT molecular complexity index is 1490. The molecular weight excluding hydrogens is 548 g/mol. The third-order valence-corrected chi connectivity index (χ3v) is 8.36. The molecule has 0 fully saturated rings. The van der Waals surface area contributed by atoms with Crippen LogP contribution < -0.4 is 10.6 Å². The molecule has 0 bridgehead atoms. The van der Waals surface area contributed by atoms with Gasteiger partial charge in [-0.2, -0.15) is 0 Å². The van der Waals surface area contributed by atoms with E-state index in [9.17, 15) is 9.59 Å². The molecule has 228 valence electrons. The minimum Gasteiger partial charge on any atom is -0.467 e. The molecule has 0 radical (unpaired) electrons. The number of methoxy groups -OCH3 is 1. The van der Waals surface area contributed by atoms with Gasteiger partial charge in [0.1, 0.15) is 12.6 Å². The van der Waals surface area contributed by atoms with Crippen LogP contribution in [0.15, 0.2) is 97.1 Å². The number of benzene rings is 4. The minimum atomic E-state index is -0.773. The van der Waals surface area contributed by atoms with Crippen molar-refractivity contribution in [2.75, 3.05) is 20.3 Å². The Hall–Kier alpha value is -4.42. The van der Waals surface area contributed by atoms with Crippen molar-refractivity contribution < 1.29 is 19.1 Å². The first-order valence-corrected chi connectivity index (χ1v) is 15.7. The van der Waals surface area contributed by atoms with Gasteiger partial charge in [0.25, 0.3) is 0 Å². The normalized spacial score (nSPS) is 12.7. The van der Waals surface area contributed by atoms with Crippen molar-refractivity contribution in [2.45, 2.75) is 57.5 Å². The van der Waals surface area contributed by atoms with E-state index in [4.69, 9.17) is 9.47 Å². The highest BCUT2D eigenvalue weighted by molar-refractivity contribution is 5.82. The van der Waals surface area contributed by atoms with Crippen LogP contribution in [0.2, 0.25) is 0 Å². The summed E-state index contributed by atoms with van der Waals surface area (Å²) < 4.78 is 10.6. The molecule has 6 nitrogen and oxygen atoms in total. The highest BCUT2D eigenvalue weighted by Crippen LogP contribution is 2.44. The van der Waals surface area contributed by atoms with E-state index in [2.05, 4.69) is 90.4 Å². The number of alkyl carbamates (subject to hydrolysis) is 1. The summed E-state index contributed by atoms with van der Waals surface area (Å²) in [5.74, 6) is -0.522. The number of hydrogen-bond donors (Lipinski definition) is 2. The van der Waals surface area contributed by atoms with Crippen LogP contribution in [0.25, 0.3) is 22.3 Å². The van der Waals surface area contributed by atoms with Gasteiger partial charge < -0.3 is 20.1 Å². The summed E-state index contributed by atoms with van der Waals surface area (Å²) >= 11 is 0. The summed E-state index contributed by atoms with van der Waals surface area (Å²) in [5.41, 5.74) is 9.62. The molecule has 0 unspecified atom stereocenters. The van der Waals surface area contributed by atoms with Gasteiger partial charge in [-0.05, 0) is 76.7 Å². The Kier molecular flexibility index (Phi) is 10.8. The van der Waals surface area contributed by atoms with Crippen molar-refractivity contribution in [3.63, 3.8) is 0 Å². The minimum absolute atomic E-state index is 0.0425. The summed E-state index contributed by atoms with van der Waals surface area (Å²) in [6.45, 7) is 3.83. The lowest BCUT2D eigenvalue weighted by molar-refractivity contribution is -0.143. The second kappa shape index (κ2) is 15.3. The van der Waals surface area contributed by atoms with E-state index in [0.717, 1.165) is 24.1 Å². The van der Waals surface area contributed by atoms with Gasteiger partial charge in [0.2, 0.25) is 0 Å². The van der Waals surface area contributed by atoms with Crippen molar-refractivity contribution in [1.82, 2.24) is 10.6 Å². The van der Waals surface area contributed by atoms with Crippen LogP contribution in [-0.2, 0) is 27.2 Å². The quantitative estimate of drug-likeness (QED) is 0.117. The van der Waals surface area contributed by atoms with E-state index < -0.39 is 18.1 Å². The zero-order valence-corrected chi connectivity index (χ0v) is 25.7. The second-order valence-electron chi connectivity index (χ2n) is 11.4. The molecule has 1 amide bonds. The number of aryl methyl sites for hydroxylation is 1. The lowest BCUT2D eigenvalue weighted by atomic mass is 9.98. The first-order valence-electron chi connectivity index (χ1n) is 15.7. The fourth-order valence-corrected chi connectivity index (χ4v) is 5.90. The van der Waals surface area contributed by atoms with Crippen LogP contribution in [0, 0.1) is 0 Å². The number of ether oxygens (including phenoxy) is 2. The molecule has 0 aromatic heterocycles. The average molecular weight is 591 g/mol. The van der Waals surface area contributed by atoms with Crippen molar-refractivity contribution in [3.8, 4) is 22.3 Å². The fraction of sp³-hybridized carbons (Fsp3) is 0.316. The molecule has 1 aliphatic carbocycles. The maximum atomic E-state index is 12.8. The highest BCUT2D eigenvalue weighted by Gasteiger charge is 2.30. The third-order valence-electron chi connectivity index (χ3n) is 8.36. The van der Waals surface area contributed by atoms with E-state index in [-0.39, 0.29) is 12.5 Å². The van der Waals surface area contributed by atoms with Gasteiger partial charge in [-0.15, -0.1) is 0 Å². The number of esters is 1. The van der Waals surface area contributed by atoms with E-state index in [1.807, 2.05) is 24.3 Å². The standard InChI is InChI=1S/C38H42N2O4/c1-3-4-10-27-16-20-29(21-17-27)30-22-18-28(19-23-30)25-39-24-9-15-36(37(41)43-2)40-38(42)44-26-35-33-13-7-5-11-31(33)32-12-6-8-14-34(32)35/h5-8,11-14,16-23,35-36,39H,3-4,9-10,15,24-26H2,1-2H3,(H,40,42)/t36-/m0/s1. The fourth-order valence-electron chi connectivity index (χ4n) is 5.90. The number of carbonyl (C=O) groups excluding carboxylic acids is 2. The smallest absolute Gasteiger partial charge is 0.407 e. The number of nitrogens with one attached hydrogen (secondary N) is 2. The van der Waals surface area contributed by atoms with E-state index in [0.29, 0.717) is 19.4 Å². The molecule has 0 saturated carbocycles. The molecule has 0 spiro atoms. The van der Waals surface area contributed by atoms with Crippen LogP contribution in [0.1, 0.15) is 60.8 Å². The first kappa shape index (κ1) is 31.0. The molecule has 0 aliphatic heterocycles. The van der Waals surface area contributed by atoms with Crippen molar-refractivity contribution in [1.29, 1.82) is 0 Å². The molecule has 2 N–H and O–H groups in total. The molecule has 1 atom stereocenters. The molecule has 4 aromatic carbocycles. The second-order valence-corrected chi connectivity index (χ2v) is 11.4. The molecule has 6 heteroatoms. The zero-order chi connectivity index (χ0) is 30.7. The molecule has 44 heavy (non-hydrogen) atoms. The van der Waals surface area contributed by atoms with Gasteiger partial charge in [0.05, 0.1) is 7.11 Å². The van der Waals surface area contributed by atoms with Crippen molar-refractivity contribution in [3.05, 3.63) is 119 Å². The topological polar surface area (TPSA) is 76.7 Å². The number of carbonyl (C=O) groups is 2. The van der Waals surface area contributed by atoms with Gasteiger partial charge in [0, 0.05) is 12.5 Å². The lowest BCUT2D eigenvalue weighted by Crippen LogP contribution is -2.42. The summed E-state index contributed by atoms with van der Waals surface area (Å²) in [6, 6.07) is 33.1. The van der Waals surface area contributed by atoms with Crippen molar-refractivity contribution >= 4 is 12.1 Å². The van der Waals surface area contributed by atoms with Crippen LogP contribution in [0.3, 0.4) is 0 Å². The van der Waals surface area contributed by atoms with Crippen LogP contribution >= 0.6 is 0 Å². The Morgan fingerprint density at radius 1 is 0.773 bits per heavy atom. The maximum absolute atomic E-state index is 12.8. The van der Waals surface area contributed by atoms with E-state index in [1.165, 1.54) is 53.3 Å². The number of hydrogen-bond acceptors (Lipinski definition) is 5. The zero-order valence-electron chi connectivity index (χ0n) is 25.7. The number of rotatable bonds is 14. The van der Waals surface area contributed by atoms with Gasteiger partial charge in [-0.3, -0.25) is 0 Å². The molecular formula is C38H42N2O4. The van der Waals surface area contributed by atoms with Crippen LogP contribution in [-0.4, -0.2) is 38.4 Å². The average Bonchev–Trinajstić information content (AvgIpc) is 3.39. The Morgan fingerprint density at radius 2 is 1.36 bits per heavy atom. The largest absolute Gasteiger partial charge is 0.467 e. The van der Waals surface area contributed by atoms with Crippen LogP contribution in [0.5, 0.6) is 0 Å². The van der Waals surface area contributed by atoms with Crippen LogP contribution in [0.4, 0.5) is 4.79 Å². The number of unbranched alkanes of at least 4 members (excludes halogenated alkanes) is 1. The molecule has 0 heterocycles. The molecule has 5 rings (SSSR count). The monoisotopic (exact) mass is 590 g/mol. The number of amides is 1. The van der Waals surface area contributed by atoms with Gasteiger partial charge in [0.15, 0.2) is 0 Å². The van der Waals surface area contributed by atoms with Gasteiger partial charge in [-0.25, -0.2) is 9.59 Å². The van der Waals surface area contributed by atoms with Gasteiger partial charge in [-0.1, -0.05) is 110 Å². The SMILES string of the molecule is CCCCc1ccc(-c2ccc(CNCCC[C@H](NC(=O)OCC3c4ccccc4-c4ccccc43)C(=O)OC)cc2)cc1. The predicted octanol–water partition coefficient (Wildman–Crippen LogP) is 7.65. The summed E-state index contributed by atoms with van der Waals surface area (Å²) in [7, 11) is 1.33. The van der Waals surface area contributed by atoms with E-state index in [1.54, 1.807) is 0 Å². The Labute approximate surface area is 260 Å². The summed E-state index contributed by atoms with van der Waals surface area (Å²) in [4.78, 5) is 25.2. The first-order chi connectivity index (χ1) is 21.6. The molecule has 0 saturated heterocycles. The Morgan fingerprint density at radius 3 is 1.95 bits per heavy atom. The molecule has 1 aliphatic rings. The molecule has 4 aromatic rings. The van der Waals surface area contributed by atoms with E-state index >= 15 is 0 Å². The van der Waals surface area contributed by atoms with Gasteiger partial charge >= 0.3 is 12.1 Å². The highest BCUT2D eigenvalue weighted by atomic mass is 16.6. The maximum Gasteiger partial charge on any atom is 0.407 e. The number of fused-ring (bicyclic) bond motifs is 3. The lowest BCUT2D eigenvalue weighted by Gasteiger charge is -2.18. The Balaban J connectivity index is 1.06. The predicted molar refractivity (Wildman–Crippen MR) is 175 cm³/mol. The third kappa shape index (κ3) is 7.74. The summed E-state index contributed by atoms with van der Waals surface area (Å²) in [6.07, 6.45) is 4.07. The van der Waals surface area contributed by atoms with Crippen molar-refractivity contribution in [2.24, 2.45) is 0 Å². The summed E-state index contributed by atoms with van der Waals surface area (Å²) in [5, 5.41) is 6.16.